The number of rotatable bonds is 5. The summed E-state index contributed by atoms with van der Waals surface area (Å²) in [7, 11) is 0. The number of aromatic nitrogens is 2. The van der Waals surface area contributed by atoms with E-state index in [-0.39, 0.29) is 0 Å². The highest BCUT2D eigenvalue weighted by atomic mass is 14.9. The van der Waals surface area contributed by atoms with Gasteiger partial charge in [0.2, 0.25) is 0 Å². The summed E-state index contributed by atoms with van der Waals surface area (Å²) in [6, 6.07) is 65.1. The van der Waals surface area contributed by atoms with Crippen molar-refractivity contribution in [3.63, 3.8) is 0 Å². The molecular weight excluding hydrogens is 605 g/mol. The predicted octanol–water partition coefficient (Wildman–Crippen LogP) is 12.8. The standard InChI is InChI=1S/C48H30N2/c1-3-12-32(13-4-1)44-30-45(50-48(49-44)36-14-5-2-6-15-36)33-21-23-35(24-22-33)46-38-18-8-7-11-31(38)25-27-39(46)37-26-28-40-41-19-9-16-34-17-10-20-42(47(34)41)43(40)29-37/h1-30H. The van der Waals surface area contributed by atoms with E-state index < -0.39 is 0 Å². The molecule has 0 saturated carbocycles. The molecule has 50 heavy (non-hydrogen) atoms. The lowest BCUT2D eigenvalue weighted by Crippen LogP contribution is -1.96. The van der Waals surface area contributed by atoms with Crippen LogP contribution >= 0.6 is 0 Å². The Morgan fingerprint density at radius 1 is 0.300 bits per heavy atom. The SMILES string of the molecule is c1ccc(-c2cc(-c3ccc(-c4c(-c5ccc6c(c5)-c5cccc7cccc-6c57)ccc5ccccc45)cc3)nc(-c3ccccc3)n2)cc1. The number of fused-ring (bicyclic) bond motifs is 4. The summed E-state index contributed by atoms with van der Waals surface area (Å²) in [5.74, 6) is 0.719. The lowest BCUT2D eigenvalue weighted by atomic mass is 9.88. The fourth-order valence-electron chi connectivity index (χ4n) is 7.66. The maximum atomic E-state index is 5.07. The van der Waals surface area contributed by atoms with Gasteiger partial charge in [0, 0.05) is 16.7 Å². The zero-order valence-electron chi connectivity index (χ0n) is 27.2. The molecule has 0 unspecified atom stereocenters. The molecule has 0 radical (unpaired) electrons. The monoisotopic (exact) mass is 634 g/mol. The van der Waals surface area contributed by atoms with Gasteiger partial charge in [0.25, 0.3) is 0 Å². The fraction of sp³-hybridized carbons (Fsp3) is 0. The van der Waals surface area contributed by atoms with Crippen molar-refractivity contribution in [2.24, 2.45) is 0 Å². The van der Waals surface area contributed by atoms with Crippen molar-refractivity contribution in [3.05, 3.63) is 182 Å². The van der Waals surface area contributed by atoms with Gasteiger partial charge in [0.1, 0.15) is 0 Å². The lowest BCUT2D eigenvalue weighted by molar-refractivity contribution is 1.18. The second-order valence-electron chi connectivity index (χ2n) is 13.0. The molecule has 1 aliphatic rings. The van der Waals surface area contributed by atoms with Crippen molar-refractivity contribution >= 4 is 21.5 Å². The van der Waals surface area contributed by atoms with Crippen LogP contribution in [0.15, 0.2) is 182 Å². The van der Waals surface area contributed by atoms with E-state index in [1.807, 2.05) is 24.3 Å². The van der Waals surface area contributed by atoms with Crippen LogP contribution in [-0.2, 0) is 0 Å². The summed E-state index contributed by atoms with van der Waals surface area (Å²) >= 11 is 0. The first kappa shape index (κ1) is 28.4. The molecule has 0 bridgehead atoms. The molecule has 0 aliphatic heterocycles. The molecule has 1 aliphatic carbocycles. The maximum absolute atomic E-state index is 5.07. The molecule has 2 nitrogen and oxygen atoms in total. The second-order valence-corrected chi connectivity index (χ2v) is 13.0. The molecular formula is C48H30N2. The lowest BCUT2D eigenvalue weighted by Gasteiger charge is -2.16. The van der Waals surface area contributed by atoms with E-state index in [0.717, 1.165) is 33.9 Å². The Kier molecular flexibility index (Phi) is 6.53. The van der Waals surface area contributed by atoms with E-state index in [0.29, 0.717) is 0 Å². The highest BCUT2D eigenvalue weighted by molar-refractivity contribution is 6.16. The Morgan fingerprint density at radius 2 is 0.860 bits per heavy atom. The van der Waals surface area contributed by atoms with Gasteiger partial charge in [-0.1, -0.05) is 170 Å². The number of nitrogens with zero attached hydrogens (tertiary/aromatic N) is 2. The molecule has 0 atom stereocenters. The van der Waals surface area contributed by atoms with Crippen LogP contribution in [-0.4, -0.2) is 9.97 Å². The van der Waals surface area contributed by atoms with Crippen molar-refractivity contribution in [1.82, 2.24) is 9.97 Å². The number of hydrogen-bond donors (Lipinski definition) is 0. The van der Waals surface area contributed by atoms with E-state index in [1.165, 1.54) is 66.1 Å². The molecule has 8 aromatic carbocycles. The third-order valence-electron chi connectivity index (χ3n) is 10.0. The number of benzene rings is 8. The summed E-state index contributed by atoms with van der Waals surface area (Å²) in [6.07, 6.45) is 0. The molecule has 0 amide bonds. The largest absolute Gasteiger partial charge is 0.228 e. The van der Waals surface area contributed by atoms with Crippen LogP contribution in [0, 0.1) is 0 Å². The molecule has 0 N–H and O–H groups in total. The molecule has 2 heteroatoms. The topological polar surface area (TPSA) is 25.8 Å². The van der Waals surface area contributed by atoms with Crippen molar-refractivity contribution < 1.29 is 0 Å². The quantitative estimate of drug-likeness (QED) is 0.188. The summed E-state index contributed by atoms with van der Waals surface area (Å²) in [5, 5.41) is 5.11. The van der Waals surface area contributed by atoms with Gasteiger partial charge in [0.15, 0.2) is 5.82 Å². The first-order valence-corrected chi connectivity index (χ1v) is 17.1. The molecule has 1 aromatic heterocycles. The maximum Gasteiger partial charge on any atom is 0.160 e. The molecule has 0 spiro atoms. The van der Waals surface area contributed by atoms with Crippen LogP contribution in [0.2, 0.25) is 0 Å². The average molecular weight is 635 g/mol. The molecule has 0 saturated heterocycles. The third-order valence-corrected chi connectivity index (χ3v) is 10.0. The van der Waals surface area contributed by atoms with Crippen molar-refractivity contribution in [2.45, 2.75) is 0 Å². The third kappa shape index (κ3) is 4.65. The van der Waals surface area contributed by atoms with Crippen molar-refractivity contribution in [3.8, 4) is 78.4 Å². The Hall–Kier alpha value is -6.64. The van der Waals surface area contributed by atoms with Gasteiger partial charge in [0.05, 0.1) is 11.4 Å². The number of hydrogen-bond acceptors (Lipinski definition) is 2. The summed E-state index contributed by atoms with van der Waals surface area (Å²) < 4.78 is 0. The molecule has 9 aromatic rings. The van der Waals surface area contributed by atoms with Crippen LogP contribution in [0.25, 0.3) is 100.0 Å². The van der Waals surface area contributed by atoms with Crippen LogP contribution < -0.4 is 0 Å². The van der Waals surface area contributed by atoms with Gasteiger partial charge in [-0.2, -0.15) is 0 Å². The summed E-state index contributed by atoms with van der Waals surface area (Å²) in [6.45, 7) is 0. The van der Waals surface area contributed by atoms with Gasteiger partial charge in [-0.05, 0) is 78.2 Å². The van der Waals surface area contributed by atoms with Gasteiger partial charge in [-0.3, -0.25) is 0 Å². The van der Waals surface area contributed by atoms with E-state index in [2.05, 4.69) is 158 Å². The van der Waals surface area contributed by atoms with E-state index in [1.54, 1.807) is 0 Å². The minimum Gasteiger partial charge on any atom is -0.228 e. The van der Waals surface area contributed by atoms with Crippen molar-refractivity contribution in [1.29, 1.82) is 0 Å². The second kappa shape index (κ2) is 11.5. The highest BCUT2D eigenvalue weighted by Crippen LogP contribution is 2.49. The van der Waals surface area contributed by atoms with Crippen LogP contribution in [0.1, 0.15) is 0 Å². The zero-order chi connectivity index (χ0) is 33.0. The predicted molar refractivity (Wildman–Crippen MR) is 209 cm³/mol. The van der Waals surface area contributed by atoms with Crippen LogP contribution in [0.5, 0.6) is 0 Å². The minimum absolute atomic E-state index is 0.719. The first-order valence-electron chi connectivity index (χ1n) is 17.1. The van der Waals surface area contributed by atoms with E-state index >= 15 is 0 Å². The molecule has 1 heterocycles. The summed E-state index contributed by atoms with van der Waals surface area (Å²) in [4.78, 5) is 10.1. The Labute approximate surface area is 291 Å². The average Bonchev–Trinajstić information content (AvgIpc) is 3.52. The normalized spacial score (nSPS) is 11.6. The van der Waals surface area contributed by atoms with Crippen LogP contribution in [0.4, 0.5) is 0 Å². The Balaban J connectivity index is 1.11. The van der Waals surface area contributed by atoms with Crippen LogP contribution in [0.3, 0.4) is 0 Å². The van der Waals surface area contributed by atoms with E-state index in [9.17, 15) is 0 Å². The molecule has 10 rings (SSSR count). The summed E-state index contributed by atoms with van der Waals surface area (Å²) in [5.41, 5.74) is 15.0. The van der Waals surface area contributed by atoms with Gasteiger partial charge in [-0.25, -0.2) is 9.97 Å². The smallest absolute Gasteiger partial charge is 0.160 e. The minimum atomic E-state index is 0.719. The van der Waals surface area contributed by atoms with Gasteiger partial charge >= 0.3 is 0 Å². The Bertz CT molecular complexity index is 2670. The Morgan fingerprint density at radius 3 is 1.60 bits per heavy atom. The van der Waals surface area contributed by atoms with E-state index in [4.69, 9.17) is 9.97 Å². The highest BCUT2D eigenvalue weighted by Gasteiger charge is 2.22. The molecule has 0 fully saturated rings. The fourth-order valence-corrected chi connectivity index (χ4v) is 7.66. The molecule has 232 valence electrons. The van der Waals surface area contributed by atoms with Gasteiger partial charge < -0.3 is 0 Å². The first-order chi connectivity index (χ1) is 24.8. The van der Waals surface area contributed by atoms with Crippen molar-refractivity contribution in [2.75, 3.05) is 0 Å². The van der Waals surface area contributed by atoms with Gasteiger partial charge in [-0.15, -0.1) is 0 Å². The zero-order valence-corrected chi connectivity index (χ0v) is 27.2.